The van der Waals surface area contributed by atoms with Crippen LogP contribution >= 0.6 is 0 Å². The van der Waals surface area contributed by atoms with Gasteiger partial charge in [-0.1, -0.05) is 6.92 Å². The number of rotatable bonds is 5. The Morgan fingerprint density at radius 1 is 1.29 bits per heavy atom. The van der Waals surface area contributed by atoms with Crippen molar-refractivity contribution in [3.63, 3.8) is 0 Å². The zero-order chi connectivity index (χ0) is 12.1. The van der Waals surface area contributed by atoms with Crippen molar-refractivity contribution in [2.75, 3.05) is 6.54 Å². The van der Waals surface area contributed by atoms with Crippen LogP contribution in [0.2, 0.25) is 0 Å². The first-order chi connectivity index (χ1) is 8.31. The van der Waals surface area contributed by atoms with Crippen LogP contribution in [-0.2, 0) is 6.54 Å². The molecular weight excluding hydrogens is 212 g/mol. The van der Waals surface area contributed by atoms with Crippen LogP contribution in [0.15, 0.2) is 35.0 Å². The van der Waals surface area contributed by atoms with Crippen LogP contribution in [0.4, 0.5) is 0 Å². The minimum Gasteiger partial charge on any atom is -0.460 e. The van der Waals surface area contributed by atoms with E-state index in [9.17, 15) is 0 Å². The zero-order valence-electron chi connectivity index (χ0n) is 10.4. The van der Waals surface area contributed by atoms with Crippen molar-refractivity contribution in [2.45, 2.75) is 26.8 Å². The average Bonchev–Trinajstić information content (AvgIpc) is 2.79. The molecule has 2 heterocycles. The van der Waals surface area contributed by atoms with Gasteiger partial charge in [0.2, 0.25) is 0 Å². The first kappa shape index (κ1) is 11.9. The lowest BCUT2D eigenvalue weighted by Gasteiger charge is -2.01. The van der Waals surface area contributed by atoms with Gasteiger partial charge in [0.25, 0.3) is 0 Å². The van der Waals surface area contributed by atoms with Crippen LogP contribution < -0.4 is 5.32 Å². The maximum Gasteiger partial charge on any atom is 0.136 e. The molecule has 2 rings (SSSR count). The molecule has 3 nitrogen and oxygen atoms in total. The molecule has 0 aromatic carbocycles. The van der Waals surface area contributed by atoms with Crippen molar-refractivity contribution in [3.8, 4) is 11.3 Å². The Labute approximate surface area is 102 Å². The van der Waals surface area contributed by atoms with E-state index in [-0.39, 0.29) is 0 Å². The number of aryl methyl sites for hydroxylation is 1. The van der Waals surface area contributed by atoms with Gasteiger partial charge < -0.3 is 9.73 Å². The summed E-state index contributed by atoms with van der Waals surface area (Å²) in [7, 11) is 0. The van der Waals surface area contributed by atoms with E-state index in [1.807, 2.05) is 24.4 Å². The van der Waals surface area contributed by atoms with E-state index in [1.54, 1.807) is 6.20 Å². The molecule has 0 saturated carbocycles. The molecule has 2 aromatic heterocycles. The Balaban J connectivity index is 2.10. The van der Waals surface area contributed by atoms with Crippen LogP contribution in [0, 0.1) is 6.92 Å². The molecule has 0 spiro atoms. The summed E-state index contributed by atoms with van der Waals surface area (Å²) in [5.74, 6) is 1.86. The number of pyridine rings is 1. The van der Waals surface area contributed by atoms with E-state index in [1.165, 1.54) is 5.56 Å². The Morgan fingerprint density at radius 3 is 2.94 bits per heavy atom. The van der Waals surface area contributed by atoms with Crippen LogP contribution in [0.1, 0.15) is 24.7 Å². The second-order valence-corrected chi connectivity index (χ2v) is 4.13. The molecule has 0 aliphatic rings. The fraction of sp³-hybridized carbons (Fsp3) is 0.357. The van der Waals surface area contributed by atoms with Gasteiger partial charge in [-0.05, 0) is 43.7 Å². The van der Waals surface area contributed by atoms with E-state index in [0.717, 1.165) is 36.6 Å². The molecule has 3 heteroatoms. The molecule has 17 heavy (non-hydrogen) atoms. The summed E-state index contributed by atoms with van der Waals surface area (Å²) in [6.45, 7) is 6.02. The number of furan rings is 1. The second-order valence-electron chi connectivity index (χ2n) is 4.13. The molecule has 0 unspecified atom stereocenters. The van der Waals surface area contributed by atoms with Crippen molar-refractivity contribution >= 4 is 0 Å². The lowest BCUT2D eigenvalue weighted by molar-refractivity contribution is 0.493. The molecule has 0 amide bonds. The van der Waals surface area contributed by atoms with Crippen molar-refractivity contribution in [1.29, 1.82) is 0 Å². The van der Waals surface area contributed by atoms with E-state index in [4.69, 9.17) is 4.42 Å². The van der Waals surface area contributed by atoms with E-state index in [0.29, 0.717) is 0 Å². The predicted octanol–water partition coefficient (Wildman–Crippen LogP) is 3.15. The van der Waals surface area contributed by atoms with E-state index >= 15 is 0 Å². The van der Waals surface area contributed by atoms with Gasteiger partial charge in [-0.15, -0.1) is 0 Å². The average molecular weight is 230 g/mol. The van der Waals surface area contributed by atoms with Crippen molar-refractivity contribution in [3.05, 3.63) is 41.9 Å². The zero-order valence-corrected chi connectivity index (χ0v) is 10.4. The molecule has 0 aliphatic heterocycles. The monoisotopic (exact) mass is 230 g/mol. The first-order valence-electron chi connectivity index (χ1n) is 6.01. The number of aromatic nitrogens is 1. The lowest BCUT2D eigenvalue weighted by Crippen LogP contribution is -2.12. The van der Waals surface area contributed by atoms with Crippen molar-refractivity contribution in [1.82, 2.24) is 10.3 Å². The highest BCUT2D eigenvalue weighted by atomic mass is 16.3. The second kappa shape index (κ2) is 5.64. The lowest BCUT2D eigenvalue weighted by atomic mass is 10.1. The predicted molar refractivity (Wildman–Crippen MR) is 68.7 cm³/mol. The number of hydrogen-bond donors (Lipinski definition) is 1. The largest absolute Gasteiger partial charge is 0.460 e. The fourth-order valence-electron chi connectivity index (χ4n) is 1.73. The third kappa shape index (κ3) is 2.94. The molecule has 0 atom stereocenters. The molecule has 1 N–H and O–H groups in total. The topological polar surface area (TPSA) is 38.1 Å². The summed E-state index contributed by atoms with van der Waals surface area (Å²) >= 11 is 0. The number of hydrogen-bond acceptors (Lipinski definition) is 3. The Kier molecular flexibility index (Phi) is 3.94. The number of nitrogens with zero attached hydrogens (tertiary/aromatic N) is 1. The number of nitrogens with one attached hydrogen (secondary N) is 1. The summed E-state index contributed by atoms with van der Waals surface area (Å²) in [5, 5.41) is 3.32. The molecule has 0 radical (unpaired) electrons. The molecule has 2 aromatic rings. The normalized spacial score (nSPS) is 10.7. The fourth-order valence-corrected chi connectivity index (χ4v) is 1.73. The van der Waals surface area contributed by atoms with Gasteiger partial charge >= 0.3 is 0 Å². The molecule has 0 saturated heterocycles. The summed E-state index contributed by atoms with van der Waals surface area (Å²) in [6.07, 6.45) is 4.78. The van der Waals surface area contributed by atoms with Gasteiger partial charge in [0.15, 0.2) is 0 Å². The van der Waals surface area contributed by atoms with E-state index in [2.05, 4.69) is 24.1 Å². The molecule has 0 bridgehead atoms. The van der Waals surface area contributed by atoms with Gasteiger partial charge in [-0.3, -0.25) is 4.98 Å². The quantitative estimate of drug-likeness (QED) is 0.802. The standard InChI is InChI=1S/C14H18N2O/c1-3-7-15-9-12-4-5-14(17-12)13-10-16-8-6-11(13)2/h4-6,8,10,15H,3,7,9H2,1-2H3. The minimum absolute atomic E-state index is 0.785. The minimum atomic E-state index is 0.785. The summed E-state index contributed by atoms with van der Waals surface area (Å²) in [4.78, 5) is 4.13. The maximum absolute atomic E-state index is 5.79. The highest BCUT2D eigenvalue weighted by molar-refractivity contribution is 5.60. The summed E-state index contributed by atoms with van der Waals surface area (Å²) in [6, 6.07) is 6.02. The molecule has 90 valence electrons. The Morgan fingerprint density at radius 2 is 2.18 bits per heavy atom. The summed E-state index contributed by atoms with van der Waals surface area (Å²) < 4.78 is 5.79. The third-order valence-electron chi connectivity index (χ3n) is 2.69. The van der Waals surface area contributed by atoms with Crippen LogP contribution in [0.3, 0.4) is 0 Å². The van der Waals surface area contributed by atoms with Gasteiger partial charge in [0.05, 0.1) is 6.54 Å². The van der Waals surface area contributed by atoms with E-state index < -0.39 is 0 Å². The van der Waals surface area contributed by atoms with Gasteiger partial charge in [0, 0.05) is 18.0 Å². The smallest absolute Gasteiger partial charge is 0.136 e. The Bertz CT molecular complexity index is 477. The summed E-state index contributed by atoms with van der Waals surface area (Å²) in [5.41, 5.74) is 2.25. The van der Waals surface area contributed by atoms with Crippen molar-refractivity contribution < 1.29 is 4.42 Å². The van der Waals surface area contributed by atoms with Crippen LogP contribution in [0.5, 0.6) is 0 Å². The third-order valence-corrected chi connectivity index (χ3v) is 2.69. The SMILES string of the molecule is CCCNCc1ccc(-c2cnccc2C)o1. The van der Waals surface area contributed by atoms with Gasteiger partial charge in [-0.25, -0.2) is 0 Å². The molecule has 0 aliphatic carbocycles. The van der Waals surface area contributed by atoms with Crippen molar-refractivity contribution in [2.24, 2.45) is 0 Å². The Hall–Kier alpha value is -1.61. The highest BCUT2D eigenvalue weighted by Gasteiger charge is 2.06. The van der Waals surface area contributed by atoms with Crippen LogP contribution in [0.25, 0.3) is 11.3 Å². The molecule has 0 fully saturated rings. The first-order valence-corrected chi connectivity index (χ1v) is 6.01. The van der Waals surface area contributed by atoms with Gasteiger partial charge in [-0.2, -0.15) is 0 Å². The maximum atomic E-state index is 5.79. The van der Waals surface area contributed by atoms with Gasteiger partial charge in [0.1, 0.15) is 11.5 Å². The van der Waals surface area contributed by atoms with Crippen LogP contribution in [-0.4, -0.2) is 11.5 Å². The highest BCUT2D eigenvalue weighted by Crippen LogP contribution is 2.24. The molecular formula is C14H18N2O.